The zero-order valence-corrected chi connectivity index (χ0v) is 26.9. The number of amides is 1. The molecule has 4 aromatic rings. The van der Waals surface area contributed by atoms with Gasteiger partial charge in [-0.25, -0.2) is 13.8 Å². The second-order valence-electron chi connectivity index (χ2n) is 12.3. The molecule has 0 radical (unpaired) electrons. The second-order valence-corrected chi connectivity index (χ2v) is 12.3. The number of nitrogens with one attached hydrogen (secondary N) is 3. The summed E-state index contributed by atoms with van der Waals surface area (Å²) in [6, 6.07) is 19.1. The first-order valence-corrected chi connectivity index (χ1v) is 16.0. The Bertz CT molecular complexity index is 1810. The molecule has 8 nitrogen and oxygen atoms in total. The van der Waals surface area contributed by atoms with E-state index in [4.69, 9.17) is 9.97 Å². The van der Waals surface area contributed by atoms with E-state index in [1.54, 1.807) is 6.07 Å². The van der Waals surface area contributed by atoms with Crippen LogP contribution in [0.2, 0.25) is 0 Å². The van der Waals surface area contributed by atoms with E-state index in [1.165, 1.54) is 23.1 Å². The van der Waals surface area contributed by atoms with E-state index >= 15 is 8.78 Å². The van der Waals surface area contributed by atoms with Crippen molar-refractivity contribution in [2.75, 3.05) is 29.9 Å². The molecule has 242 valence electrons. The zero-order valence-electron chi connectivity index (χ0n) is 26.9. The Balaban J connectivity index is 1.55. The van der Waals surface area contributed by atoms with Crippen molar-refractivity contribution in [1.82, 2.24) is 25.5 Å². The number of para-hydroxylation sites is 1. The number of rotatable bonds is 9. The predicted octanol–water partition coefficient (Wildman–Crippen LogP) is 6.99. The van der Waals surface area contributed by atoms with Crippen LogP contribution < -0.4 is 20.9 Å². The van der Waals surface area contributed by atoms with E-state index in [2.05, 4.69) is 45.3 Å². The SMILES string of the molecule is C=C=C1NCc2c(-c3cc(C(=O)NC(C)C)ccc3C)nc(NC(CN3CCCC3)c3ccccc3)nc2N1c1c(F)cccc1F. The molecule has 1 aromatic heterocycles. The number of likely N-dealkylation sites (tertiary alicyclic amines) is 1. The molecule has 1 unspecified atom stereocenters. The first-order chi connectivity index (χ1) is 22.7. The van der Waals surface area contributed by atoms with Crippen molar-refractivity contribution in [3.05, 3.63) is 119 Å². The van der Waals surface area contributed by atoms with Gasteiger partial charge < -0.3 is 20.9 Å². The summed E-state index contributed by atoms with van der Waals surface area (Å²) in [5.74, 6) is -0.896. The molecule has 0 aliphatic carbocycles. The number of hydrogen-bond donors (Lipinski definition) is 3. The fraction of sp³-hybridized carbons (Fsp3) is 0.297. The molecule has 3 heterocycles. The molecular formula is C37H39F2N7O. The fourth-order valence-electron chi connectivity index (χ4n) is 6.19. The maximum Gasteiger partial charge on any atom is 0.251 e. The number of benzene rings is 3. The average Bonchev–Trinajstić information content (AvgIpc) is 3.57. The van der Waals surface area contributed by atoms with Gasteiger partial charge in [-0.2, -0.15) is 4.98 Å². The van der Waals surface area contributed by atoms with E-state index in [0.29, 0.717) is 22.4 Å². The Kier molecular flexibility index (Phi) is 9.33. The van der Waals surface area contributed by atoms with Gasteiger partial charge in [-0.05, 0) is 82.1 Å². The first-order valence-electron chi connectivity index (χ1n) is 16.0. The molecule has 0 spiro atoms. The maximum absolute atomic E-state index is 15.5. The summed E-state index contributed by atoms with van der Waals surface area (Å²) in [6.07, 6.45) is 2.29. The number of carbonyl (C=O) groups excluding carboxylic acids is 1. The molecule has 0 saturated carbocycles. The first kappa shape index (κ1) is 31.9. The summed E-state index contributed by atoms with van der Waals surface area (Å²) in [7, 11) is 0. The maximum atomic E-state index is 15.5. The van der Waals surface area contributed by atoms with Crippen molar-refractivity contribution in [1.29, 1.82) is 0 Å². The third-order valence-corrected chi connectivity index (χ3v) is 8.50. The summed E-state index contributed by atoms with van der Waals surface area (Å²) >= 11 is 0. The normalized spacial score (nSPS) is 15.2. The number of fused-ring (bicyclic) bond motifs is 1. The lowest BCUT2D eigenvalue weighted by atomic mass is 9.97. The summed E-state index contributed by atoms with van der Waals surface area (Å²) in [6.45, 7) is 12.5. The number of aromatic nitrogens is 2. The van der Waals surface area contributed by atoms with Crippen LogP contribution in [0, 0.1) is 18.6 Å². The van der Waals surface area contributed by atoms with Crippen molar-refractivity contribution in [3.63, 3.8) is 0 Å². The van der Waals surface area contributed by atoms with Crippen LogP contribution in [0.15, 0.2) is 84.9 Å². The van der Waals surface area contributed by atoms with Crippen LogP contribution in [0.4, 0.5) is 26.2 Å². The smallest absolute Gasteiger partial charge is 0.251 e. The monoisotopic (exact) mass is 635 g/mol. The number of halogens is 2. The molecule has 0 bridgehead atoms. The van der Waals surface area contributed by atoms with E-state index in [1.807, 2.05) is 51.1 Å². The minimum atomic E-state index is -0.762. The van der Waals surface area contributed by atoms with Crippen LogP contribution in [0.1, 0.15) is 59.8 Å². The number of anilines is 3. The van der Waals surface area contributed by atoms with Crippen molar-refractivity contribution < 1.29 is 13.6 Å². The standard InChI is InChI=1S/C37H39F2N7O/c1-5-32-40-21-28-33(27-20-26(17-16-24(27)4)36(47)41-23(2)3)43-37(44-35(28)46(32)34-29(38)14-11-15-30(34)39)42-31(22-45-18-9-10-19-45)25-12-7-6-8-13-25/h6-8,11-17,20,23,31,40H,1,9-10,18-19,21-22H2,2-4H3,(H,41,47)(H,42,43,44). The van der Waals surface area contributed by atoms with Gasteiger partial charge in [0.05, 0.1) is 11.7 Å². The third kappa shape index (κ3) is 6.75. The van der Waals surface area contributed by atoms with Crippen LogP contribution in [0.3, 0.4) is 0 Å². The lowest BCUT2D eigenvalue weighted by Gasteiger charge is -2.34. The van der Waals surface area contributed by atoms with Crippen LogP contribution in [-0.4, -0.2) is 46.5 Å². The highest BCUT2D eigenvalue weighted by atomic mass is 19.1. The summed E-state index contributed by atoms with van der Waals surface area (Å²) in [4.78, 5) is 26.9. The van der Waals surface area contributed by atoms with E-state index in [-0.39, 0.29) is 47.8 Å². The molecule has 2 aliphatic rings. The summed E-state index contributed by atoms with van der Waals surface area (Å²) in [5.41, 5.74) is 6.78. The lowest BCUT2D eigenvalue weighted by Crippen LogP contribution is -2.36. The van der Waals surface area contributed by atoms with Gasteiger partial charge in [0.2, 0.25) is 5.95 Å². The minimum absolute atomic E-state index is 0.0436. The van der Waals surface area contributed by atoms with Gasteiger partial charge in [0.1, 0.15) is 17.3 Å². The Morgan fingerprint density at radius 1 is 1.02 bits per heavy atom. The van der Waals surface area contributed by atoms with Crippen molar-refractivity contribution in [2.24, 2.45) is 0 Å². The number of aryl methyl sites for hydroxylation is 1. The summed E-state index contributed by atoms with van der Waals surface area (Å²) < 4.78 is 30.9. The van der Waals surface area contributed by atoms with Crippen LogP contribution in [0.5, 0.6) is 0 Å². The Morgan fingerprint density at radius 2 is 1.74 bits per heavy atom. The molecule has 6 rings (SSSR count). The highest BCUT2D eigenvalue weighted by Gasteiger charge is 2.33. The second kappa shape index (κ2) is 13.7. The molecule has 10 heteroatoms. The van der Waals surface area contributed by atoms with Crippen molar-refractivity contribution in [2.45, 2.75) is 52.2 Å². The molecule has 1 amide bonds. The molecule has 1 fully saturated rings. The quantitative estimate of drug-likeness (QED) is 0.171. The average molecular weight is 636 g/mol. The Hall–Kier alpha value is -5.05. The number of carbonyl (C=O) groups is 1. The molecule has 1 saturated heterocycles. The van der Waals surface area contributed by atoms with Gasteiger partial charge in [0, 0.05) is 35.8 Å². The predicted molar refractivity (Wildman–Crippen MR) is 181 cm³/mol. The van der Waals surface area contributed by atoms with Crippen LogP contribution in [-0.2, 0) is 6.54 Å². The largest absolute Gasteiger partial charge is 0.360 e. The van der Waals surface area contributed by atoms with Gasteiger partial charge in [-0.15, -0.1) is 0 Å². The van der Waals surface area contributed by atoms with Crippen LogP contribution in [0.25, 0.3) is 11.3 Å². The Labute approximate surface area is 274 Å². The molecule has 2 aliphatic heterocycles. The van der Waals surface area contributed by atoms with Gasteiger partial charge in [0.15, 0.2) is 11.6 Å². The Morgan fingerprint density at radius 3 is 2.43 bits per heavy atom. The minimum Gasteiger partial charge on any atom is -0.360 e. The molecule has 3 N–H and O–H groups in total. The highest BCUT2D eigenvalue weighted by Crippen LogP contribution is 2.41. The third-order valence-electron chi connectivity index (χ3n) is 8.50. The zero-order chi connectivity index (χ0) is 33.1. The van der Waals surface area contributed by atoms with Crippen molar-refractivity contribution in [3.8, 4) is 11.3 Å². The molecule has 47 heavy (non-hydrogen) atoms. The summed E-state index contributed by atoms with van der Waals surface area (Å²) in [5, 5.41) is 9.73. The van der Waals surface area contributed by atoms with E-state index < -0.39 is 11.6 Å². The van der Waals surface area contributed by atoms with E-state index in [9.17, 15) is 4.79 Å². The van der Waals surface area contributed by atoms with E-state index in [0.717, 1.165) is 43.6 Å². The van der Waals surface area contributed by atoms with Gasteiger partial charge in [0.25, 0.3) is 5.91 Å². The van der Waals surface area contributed by atoms with Gasteiger partial charge in [-0.3, -0.25) is 9.69 Å². The topological polar surface area (TPSA) is 85.4 Å². The lowest BCUT2D eigenvalue weighted by molar-refractivity contribution is 0.0943. The van der Waals surface area contributed by atoms with Crippen LogP contribution >= 0.6 is 0 Å². The highest BCUT2D eigenvalue weighted by molar-refractivity contribution is 5.96. The fourth-order valence-corrected chi connectivity index (χ4v) is 6.19. The number of hydrogen-bond acceptors (Lipinski definition) is 7. The van der Waals surface area contributed by atoms with Crippen molar-refractivity contribution >= 4 is 23.4 Å². The molecule has 3 aromatic carbocycles. The molecular weight excluding hydrogens is 596 g/mol. The van der Waals surface area contributed by atoms with Gasteiger partial charge in [-0.1, -0.05) is 54.8 Å². The van der Waals surface area contributed by atoms with Gasteiger partial charge >= 0.3 is 0 Å². The molecule has 1 atom stereocenters. The number of nitrogens with zero attached hydrogens (tertiary/aromatic N) is 4.